The first-order valence-corrected chi connectivity index (χ1v) is 15.1. The van der Waals surface area contributed by atoms with Crippen molar-refractivity contribution < 1.29 is 17.6 Å². The standard InChI is InChI=1S/C25H25ClN6O5S2/c1-14-8-20-21(12-27-14)38-23(28-20)24(33)32-7-6-31(13-18(32)11-22-29-30-25(34)37-22)39(35,36)19-5-3-15-9-17(26)4-2-16(15)10-19/h2-5,9-10,14,18,27H,6-8,11-13H2,1H3,(H,30,34). The summed E-state index contributed by atoms with van der Waals surface area (Å²) >= 11 is 7.43. The first-order valence-electron chi connectivity index (χ1n) is 12.4. The minimum Gasteiger partial charge on any atom is -0.392 e. The summed E-state index contributed by atoms with van der Waals surface area (Å²) in [6, 6.07) is 9.83. The van der Waals surface area contributed by atoms with Gasteiger partial charge >= 0.3 is 5.76 Å². The molecule has 2 aliphatic heterocycles. The second-order valence-electron chi connectivity index (χ2n) is 9.75. The van der Waals surface area contributed by atoms with Crippen LogP contribution in [0.4, 0.5) is 0 Å². The number of H-pyrrole nitrogens is 1. The Morgan fingerprint density at radius 1 is 1.21 bits per heavy atom. The molecule has 204 valence electrons. The molecule has 1 amide bonds. The van der Waals surface area contributed by atoms with Crippen molar-refractivity contribution in [3.63, 3.8) is 0 Å². The fraction of sp³-hybridized carbons (Fsp3) is 0.360. The fourth-order valence-electron chi connectivity index (χ4n) is 5.07. The molecule has 0 saturated carbocycles. The molecule has 2 unspecified atom stereocenters. The maximum absolute atomic E-state index is 13.7. The second kappa shape index (κ2) is 10.1. The van der Waals surface area contributed by atoms with Crippen molar-refractivity contribution in [3.05, 3.63) is 73.4 Å². The summed E-state index contributed by atoms with van der Waals surface area (Å²) in [5.41, 5.74) is 0.920. The van der Waals surface area contributed by atoms with Gasteiger partial charge in [0.2, 0.25) is 15.9 Å². The van der Waals surface area contributed by atoms with Crippen LogP contribution in [0.1, 0.15) is 33.2 Å². The van der Waals surface area contributed by atoms with Gasteiger partial charge in [-0.1, -0.05) is 23.7 Å². The number of sulfonamides is 1. The number of carbonyl (C=O) groups is 1. The Balaban J connectivity index is 1.29. The van der Waals surface area contributed by atoms with Crippen molar-refractivity contribution in [2.24, 2.45) is 0 Å². The summed E-state index contributed by atoms with van der Waals surface area (Å²) in [7, 11) is -3.89. The number of rotatable bonds is 5. The van der Waals surface area contributed by atoms with Gasteiger partial charge in [0.15, 0.2) is 5.01 Å². The Morgan fingerprint density at radius 2 is 2.00 bits per heavy atom. The summed E-state index contributed by atoms with van der Waals surface area (Å²) in [5.74, 6) is -0.890. The predicted molar refractivity (Wildman–Crippen MR) is 145 cm³/mol. The topological polar surface area (TPSA) is 142 Å². The molecule has 2 aromatic carbocycles. The van der Waals surface area contributed by atoms with E-state index in [9.17, 15) is 18.0 Å². The SMILES string of the molecule is CC1Cc2nc(C(=O)N3CCN(S(=O)(=O)c4ccc5cc(Cl)ccc5c4)CC3Cc3n[nH]c(=O)o3)sc2CN1. The average Bonchev–Trinajstić information content (AvgIpc) is 3.53. The molecule has 1 fully saturated rings. The van der Waals surface area contributed by atoms with E-state index in [-0.39, 0.29) is 48.8 Å². The number of hydrogen-bond acceptors (Lipinski definition) is 9. The summed E-state index contributed by atoms with van der Waals surface area (Å²) in [6.07, 6.45) is 0.807. The highest BCUT2D eigenvalue weighted by molar-refractivity contribution is 7.89. The Bertz CT molecular complexity index is 1730. The molecule has 2 N–H and O–H groups in total. The lowest BCUT2D eigenvalue weighted by Crippen LogP contribution is -2.57. The number of aromatic amines is 1. The van der Waals surface area contributed by atoms with Gasteiger partial charge in [-0.05, 0) is 42.0 Å². The van der Waals surface area contributed by atoms with Gasteiger partial charge in [-0.3, -0.25) is 4.79 Å². The van der Waals surface area contributed by atoms with Crippen molar-refractivity contribution >= 4 is 49.6 Å². The van der Waals surface area contributed by atoms with E-state index in [2.05, 4.69) is 27.4 Å². The highest BCUT2D eigenvalue weighted by Crippen LogP contribution is 2.29. The molecule has 0 radical (unpaired) electrons. The first-order chi connectivity index (χ1) is 18.7. The number of nitrogens with zero attached hydrogens (tertiary/aromatic N) is 4. The summed E-state index contributed by atoms with van der Waals surface area (Å²) < 4.78 is 33.9. The van der Waals surface area contributed by atoms with E-state index in [1.165, 1.54) is 15.6 Å². The van der Waals surface area contributed by atoms with Crippen LogP contribution in [0.15, 0.2) is 50.5 Å². The van der Waals surface area contributed by atoms with Crippen molar-refractivity contribution in [3.8, 4) is 0 Å². The Kier molecular flexibility index (Phi) is 6.79. The first kappa shape index (κ1) is 26.1. The van der Waals surface area contributed by atoms with Crippen LogP contribution < -0.4 is 11.1 Å². The monoisotopic (exact) mass is 588 g/mol. The molecule has 0 aliphatic carbocycles. The Labute approximate surface area is 232 Å². The van der Waals surface area contributed by atoms with Crippen LogP contribution in [-0.4, -0.2) is 70.4 Å². The molecule has 1 saturated heterocycles. The van der Waals surface area contributed by atoms with Crippen LogP contribution in [0, 0.1) is 0 Å². The van der Waals surface area contributed by atoms with E-state index >= 15 is 0 Å². The number of piperazine rings is 1. The highest BCUT2D eigenvalue weighted by Gasteiger charge is 2.39. The van der Waals surface area contributed by atoms with Crippen LogP contribution in [0.2, 0.25) is 5.02 Å². The normalized spacial score (nSPS) is 20.3. The zero-order chi connectivity index (χ0) is 27.3. The third-order valence-corrected chi connectivity index (χ3v) is 10.3. The van der Waals surface area contributed by atoms with Gasteiger partial charge in [0.1, 0.15) is 0 Å². The van der Waals surface area contributed by atoms with Crippen molar-refractivity contribution in [2.75, 3.05) is 19.6 Å². The van der Waals surface area contributed by atoms with E-state index in [1.807, 2.05) is 0 Å². The van der Waals surface area contributed by atoms with Crippen LogP contribution in [0.25, 0.3) is 10.8 Å². The minimum absolute atomic E-state index is 0.00692. The highest BCUT2D eigenvalue weighted by atomic mass is 35.5. The predicted octanol–water partition coefficient (Wildman–Crippen LogP) is 2.42. The maximum atomic E-state index is 13.7. The molecule has 4 aromatic rings. The molecular weight excluding hydrogens is 564 g/mol. The largest absolute Gasteiger partial charge is 0.434 e. The van der Waals surface area contributed by atoms with Gasteiger partial charge in [0.25, 0.3) is 5.91 Å². The lowest BCUT2D eigenvalue weighted by molar-refractivity contribution is 0.0554. The summed E-state index contributed by atoms with van der Waals surface area (Å²) in [5, 5.41) is 12.0. The second-order valence-corrected chi connectivity index (χ2v) is 13.2. The van der Waals surface area contributed by atoms with Crippen LogP contribution in [0.5, 0.6) is 0 Å². The van der Waals surface area contributed by atoms with Gasteiger partial charge in [0.05, 0.1) is 16.6 Å². The van der Waals surface area contributed by atoms with Gasteiger partial charge in [-0.25, -0.2) is 23.3 Å². The average molecular weight is 589 g/mol. The third-order valence-electron chi connectivity index (χ3n) is 7.08. The molecule has 6 rings (SSSR count). The molecule has 2 aliphatic rings. The number of benzene rings is 2. The summed E-state index contributed by atoms with van der Waals surface area (Å²) in [6.45, 7) is 3.00. The van der Waals surface area contributed by atoms with Crippen LogP contribution in [0.3, 0.4) is 0 Å². The van der Waals surface area contributed by atoms with E-state index in [0.29, 0.717) is 16.6 Å². The zero-order valence-corrected chi connectivity index (χ0v) is 23.3. The van der Waals surface area contributed by atoms with Gasteiger partial charge in [0, 0.05) is 55.0 Å². The smallest absolute Gasteiger partial charge is 0.392 e. The van der Waals surface area contributed by atoms with Crippen molar-refractivity contribution in [1.29, 1.82) is 0 Å². The van der Waals surface area contributed by atoms with Crippen molar-refractivity contribution in [1.82, 2.24) is 29.7 Å². The van der Waals surface area contributed by atoms with Gasteiger partial charge in [-0.2, -0.15) is 4.31 Å². The Hall–Kier alpha value is -3.10. The lowest BCUT2D eigenvalue weighted by atomic mass is 10.1. The van der Waals surface area contributed by atoms with E-state index < -0.39 is 21.8 Å². The molecule has 39 heavy (non-hydrogen) atoms. The molecule has 0 spiro atoms. The molecule has 0 bridgehead atoms. The van der Waals surface area contributed by atoms with Crippen molar-refractivity contribution in [2.45, 2.75) is 43.3 Å². The molecule has 14 heteroatoms. The third kappa shape index (κ3) is 5.12. The minimum atomic E-state index is -3.89. The van der Waals surface area contributed by atoms with Gasteiger partial charge in [-0.15, -0.1) is 16.4 Å². The van der Waals surface area contributed by atoms with Crippen LogP contribution in [-0.2, 0) is 29.4 Å². The fourth-order valence-corrected chi connectivity index (χ4v) is 7.75. The van der Waals surface area contributed by atoms with Gasteiger partial charge < -0.3 is 14.6 Å². The van der Waals surface area contributed by atoms with Crippen LogP contribution >= 0.6 is 22.9 Å². The number of amides is 1. The number of thiazole rings is 1. The molecular formula is C25H25ClN6O5S2. The van der Waals surface area contributed by atoms with E-state index in [4.69, 9.17) is 16.0 Å². The number of fused-ring (bicyclic) bond motifs is 2. The molecule has 11 nitrogen and oxygen atoms in total. The quantitative estimate of drug-likeness (QED) is 0.362. The number of nitrogens with one attached hydrogen (secondary N) is 2. The molecule has 4 heterocycles. The maximum Gasteiger partial charge on any atom is 0.434 e. The zero-order valence-electron chi connectivity index (χ0n) is 20.9. The lowest BCUT2D eigenvalue weighted by Gasteiger charge is -2.40. The number of halogens is 1. The van der Waals surface area contributed by atoms with E-state index in [0.717, 1.165) is 27.8 Å². The van der Waals surface area contributed by atoms with E-state index in [1.54, 1.807) is 41.3 Å². The number of aromatic nitrogens is 3. The molecule has 2 aromatic heterocycles. The molecule has 2 atom stereocenters. The number of carbonyl (C=O) groups excluding carboxylic acids is 1. The number of hydrogen-bond donors (Lipinski definition) is 2. The Morgan fingerprint density at radius 3 is 2.79 bits per heavy atom. The summed E-state index contributed by atoms with van der Waals surface area (Å²) in [4.78, 5) is 32.6.